The van der Waals surface area contributed by atoms with Gasteiger partial charge < -0.3 is 5.73 Å². The first-order chi connectivity index (χ1) is 15.2. The Bertz CT molecular complexity index is 1190. The lowest BCUT2D eigenvalue weighted by molar-refractivity contribution is -0.118. The number of para-hydroxylation sites is 1. The second kappa shape index (κ2) is 8.38. The molecule has 8 heteroatoms. The summed E-state index contributed by atoms with van der Waals surface area (Å²) in [6, 6.07) is 7.70. The van der Waals surface area contributed by atoms with Crippen molar-refractivity contribution in [2.75, 3.05) is 10.7 Å². The van der Waals surface area contributed by atoms with Gasteiger partial charge in [-0.15, -0.1) is 23.1 Å². The lowest BCUT2D eigenvalue weighted by Crippen LogP contribution is -2.42. The summed E-state index contributed by atoms with van der Waals surface area (Å²) in [7, 11) is 0. The molecule has 1 aliphatic heterocycles. The predicted molar refractivity (Wildman–Crippen MR) is 124 cm³/mol. The zero-order chi connectivity index (χ0) is 23.2. The zero-order valence-corrected chi connectivity index (χ0v) is 19.7. The number of Topliss-reactive ketones (excluding diaryl/α,β-unsaturated/α-hetero) is 1. The highest BCUT2D eigenvalue weighted by Crippen LogP contribution is 2.52. The van der Waals surface area contributed by atoms with E-state index in [0.717, 1.165) is 27.7 Å². The van der Waals surface area contributed by atoms with Crippen LogP contribution >= 0.6 is 23.1 Å². The van der Waals surface area contributed by atoms with Gasteiger partial charge in [-0.25, -0.2) is 8.78 Å². The van der Waals surface area contributed by atoms with Crippen LogP contribution in [0.25, 0.3) is 0 Å². The van der Waals surface area contributed by atoms with Crippen LogP contribution < -0.4 is 10.6 Å². The molecule has 0 spiro atoms. The minimum atomic E-state index is -0.801. The molecule has 0 saturated heterocycles. The maximum absolute atomic E-state index is 14.9. The van der Waals surface area contributed by atoms with Crippen LogP contribution in [0.1, 0.15) is 44.4 Å². The molecule has 1 aromatic carbocycles. The van der Waals surface area contributed by atoms with Crippen molar-refractivity contribution in [3.63, 3.8) is 0 Å². The number of nitrogens with two attached hydrogens (primary N) is 1. The SMILES string of the molecule is CCSc1ccsc1[C@H]1C(C#N)=C(N)N(c2c(F)cccc2F)C2=C1C(=O)CC(C)(C)C2. The smallest absolute Gasteiger partial charge is 0.162 e. The Kier molecular flexibility index (Phi) is 5.91. The Hall–Kier alpha value is -2.63. The number of anilines is 1. The number of thioether (sulfide) groups is 1. The number of hydrogen-bond donors (Lipinski definition) is 1. The van der Waals surface area contributed by atoms with E-state index < -0.39 is 23.0 Å². The largest absolute Gasteiger partial charge is 0.384 e. The quantitative estimate of drug-likeness (QED) is 0.547. The van der Waals surface area contributed by atoms with Crippen molar-refractivity contribution in [1.29, 1.82) is 5.26 Å². The van der Waals surface area contributed by atoms with Gasteiger partial charge in [0.05, 0.1) is 17.6 Å². The molecule has 4 nitrogen and oxygen atoms in total. The first kappa shape index (κ1) is 22.6. The molecule has 0 fully saturated rings. The average Bonchev–Trinajstić information content (AvgIpc) is 3.16. The summed E-state index contributed by atoms with van der Waals surface area (Å²) in [4.78, 5) is 16.6. The van der Waals surface area contributed by atoms with E-state index in [1.807, 2.05) is 32.2 Å². The van der Waals surface area contributed by atoms with E-state index in [9.17, 15) is 18.8 Å². The number of ketones is 1. The molecule has 0 bridgehead atoms. The van der Waals surface area contributed by atoms with Crippen molar-refractivity contribution in [1.82, 2.24) is 0 Å². The maximum atomic E-state index is 14.9. The third-order valence-electron chi connectivity index (χ3n) is 5.76. The van der Waals surface area contributed by atoms with Crippen molar-refractivity contribution < 1.29 is 13.6 Å². The minimum Gasteiger partial charge on any atom is -0.384 e. The maximum Gasteiger partial charge on any atom is 0.162 e. The molecule has 1 atom stereocenters. The van der Waals surface area contributed by atoms with E-state index in [1.165, 1.54) is 22.3 Å². The summed E-state index contributed by atoms with van der Waals surface area (Å²) in [5, 5.41) is 12.0. The van der Waals surface area contributed by atoms with Gasteiger partial charge in [0, 0.05) is 27.5 Å². The fourth-order valence-electron chi connectivity index (χ4n) is 4.52. The highest BCUT2D eigenvalue weighted by Gasteiger charge is 2.46. The number of nitriles is 1. The van der Waals surface area contributed by atoms with Gasteiger partial charge in [-0.1, -0.05) is 26.8 Å². The summed E-state index contributed by atoms with van der Waals surface area (Å²) < 4.78 is 29.7. The van der Waals surface area contributed by atoms with Gasteiger partial charge in [0.2, 0.25) is 0 Å². The molecule has 4 rings (SSSR count). The van der Waals surface area contributed by atoms with E-state index in [0.29, 0.717) is 17.7 Å². The molecule has 0 saturated carbocycles. The number of nitrogens with zero attached hydrogens (tertiary/aromatic N) is 2. The van der Waals surface area contributed by atoms with Crippen LogP contribution in [0.3, 0.4) is 0 Å². The van der Waals surface area contributed by atoms with Gasteiger partial charge in [0.1, 0.15) is 23.1 Å². The Labute approximate surface area is 194 Å². The molecule has 1 aromatic heterocycles. The summed E-state index contributed by atoms with van der Waals surface area (Å²) in [6.45, 7) is 5.93. The monoisotopic (exact) mass is 471 g/mol. The summed E-state index contributed by atoms with van der Waals surface area (Å²) in [5.74, 6) is -1.57. The number of rotatable bonds is 4. The number of carbonyl (C=O) groups is 1. The number of halogens is 2. The predicted octanol–water partition coefficient (Wildman–Crippen LogP) is 6.08. The van der Waals surface area contributed by atoms with Gasteiger partial charge in [0.15, 0.2) is 5.78 Å². The van der Waals surface area contributed by atoms with Crippen molar-refractivity contribution >= 4 is 34.6 Å². The second-order valence-electron chi connectivity index (χ2n) is 8.63. The first-order valence-electron chi connectivity index (χ1n) is 10.3. The Morgan fingerprint density at radius 3 is 2.59 bits per heavy atom. The molecule has 2 aromatic rings. The standard InChI is InChI=1S/C24H23F2N3OS2/c1-4-31-18-8-9-32-22(18)19-13(12-27)23(28)29(21-14(25)6-5-7-15(21)26)16-10-24(2,3)11-17(30)20(16)19/h5-9,19H,4,10-11,28H2,1-3H3/t19-/m0/s1. The molecule has 166 valence electrons. The zero-order valence-electron chi connectivity index (χ0n) is 18.0. The van der Waals surface area contributed by atoms with Crippen molar-refractivity contribution in [2.45, 2.75) is 44.4 Å². The number of hydrogen-bond acceptors (Lipinski definition) is 6. The van der Waals surface area contributed by atoms with Gasteiger partial charge >= 0.3 is 0 Å². The lowest BCUT2D eigenvalue weighted by Gasteiger charge is -2.43. The number of thiophene rings is 1. The van der Waals surface area contributed by atoms with Gasteiger partial charge in [0.25, 0.3) is 0 Å². The Morgan fingerprint density at radius 1 is 1.28 bits per heavy atom. The fraction of sp³-hybridized carbons (Fsp3) is 0.333. The highest BCUT2D eigenvalue weighted by atomic mass is 32.2. The van der Waals surface area contributed by atoms with Gasteiger partial charge in [-0.2, -0.15) is 5.26 Å². The third kappa shape index (κ3) is 3.63. The normalized spacial score (nSPS) is 20.4. The molecule has 2 aliphatic rings. The van der Waals surface area contributed by atoms with Crippen LogP contribution in [-0.4, -0.2) is 11.5 Å². The van der Waals surface area contributed by atoms with Crippen LogP contribution in [0.15, 0.2) is 57.2 Å². The lowest BCUT2D eigenvalue weighted by atomic mass is 9.69. The number of carbonyl (C=O) groups excluding carboxylic acids is 1. The summed E-state index contributed by atoms with van der Waals surface area (Å²) in [5.41, 5.74) is 6.72. The molecule has 1 aliphatic carbocycles. The molecule has 0 radical (unpaired) electrons. The van der Waals surface area contributed by atoms with Crippen LogP contribution in [0.4, 0.5) is 14.5 Å². The van der Waals surface area contributed by atoms with Crippen LogP contribution in [0.2, 0.25) is 0 Å². The first-order valence-corrected chi connectivity index (χ1v) is 12.2. The Morgan fingerprint density at radius 2 is 1.97 bits per heavy atom. The topological polar surface area (TPSA) is 70.1 Å². The average molecular weight is 472 g/mol. The Balaban J connectivity index is 2.04. The van der Waals surface area contributed by atoms with E-state index in [2.05, 4.69) is 6.07 Å². The van der Waals surface area contributed by atoms with Crippen molar-refractivity contribution in [3.05, 3.63) is 68.8 Å². The van der Waals surface area contributed by atoms with Crippen molar-refractivity contribution in [3.8, 4) is 6.07 Å². The van der Waals surface area contributed by atoms with Crippen LogP contribution in [0.5, 0.6) is 0 Å². The van der Waals surface area contributed by atoms with Gasteiger partial charge in [-0.3, -0.25) is 9.69 Å². The fourth-order valence-corrected chi connectivity index (χ4v) is 6.57. The van der Waals surface area contributed by atoms with Gasteiger partial charge in [-0.05, 0) is 41.2 Å². The highest BCUT2D eigenvalue weighted by molar-refractivity contribution is 7.99. The van der Waals surface area contributed by atoms with E-state index >= 15 is 0 Å². The minimum absolute atomic E-state index is 0.0356. The van der Waals surface area contributed by atoms with Crippen LogP contribution in [0, 0.1) is 28.4 Å². The van der Waals surface area contributed by atoms with Crippen molar-refractivity contribution in [2.24, 2.45) is 11.1 Å². The molecular formula is C24H23F2N3OS2. The third-order valence-corrected chi connectivity index (χ3v) is 7.83. The molecule has 2 N–H and O–H groups in total. The number of benzene rings is 1. The molecule has 0 unspecified atom stereocenters. The van der Waals surface area contributed by atoms with E-state index in [1.54, 1.807) is 11.8 Å². The second-order valence-corrected chi connectivity index (χ2v) is 10.9. The molecule has 0 amide bonds. The van der Waals surface area contributed by atoms with E-state index in [-0.39, 0.29) is 29.3 Å². The summed E-state index contributed by atoms with van der Waals surface area (Å²) >= 11 is 3.09. The molecule has 2 heterocycles. The number of allylic oxidation sites excluding steroid dienone is 3. The summed E-state index contributed by atoms with van der Waals surface area (Å²) in [6.07, 6.45) is 0.690. The molecule has 32 heavy (non-hydrogen) atoms. The molecular weight excluding hydrogens is 448 g/mol. The van der Waals surface area contributed by atoms with E-state index in [4.69, 9.17) is 5.73 Å². The van der Waals surface area contributed by atoms with Crippen LogP contribution in [-0.2, 0) is 4.79 Å².